The molecule has 7 heteroatoms. The molecule has 2 N–H and O–H groups in total. The predicted molar refractivity (Wildman–Crippen MR) is 101 cm³/mol. The van der Waals surface area contributed by atoms with Crippen molar-refractivity contribution in [3.8, 4) is 23.4 Å². The number of nitrogens with two attached hydrogens (primary N) is 1. The van der Waals surface area contributed by atoms with Crippen molar-refractivity contribution < 1.29 is 9.53 Å². The van der Waals surface area contributed by atoms with E-state index < -0.39 is 5.97 Å². The van der Waals surface area contributed by atoms with Crippen molar-refractivity contribution in [2.75, 3.05) is 12.8 Å². The summed E-state index contributed by atoms with van der Waals surface area (Å²) in [6.45, 7) is 0. The number of aryl methyl sites for hydroxylation is 1. The second-order valence-corrected chi connectivity index (χ2v) is 5.68. The molecule has 3 rings (SSSR count). The standard InChI is InChI=1S/C14H13N3O2.C6H6N2/c1-17-10(8-15)4-6-13(17)9-3-5-12(16)11(7-9)14(18)19-2;1-8-4-2-3-6(8)5-7/h3-7H,16H2,1-2H3;2-4H,1H3. The Balaban J connectivity index is 0.000000273. The lowest BCUT2D eigenvalue weighted by atomic mass is 10.1. The Hall–Kier alpha value is -3.97. The van der Waals surface area contributed by atoms with Gasteiger partial charge >= 0.3 is 5.97 Å². The Morgan fingerprint density at radius 1 is 1.07 bits per heavy atom. The molecular weight excluding hydrogens is 342 g/mol. The molecular formula is C20H19N5O2. The van der Waals surface area contributed by atoms with Gasteiger partial charge in [-0.25, -0.2) is 4.79 Å². The van der Waals surface area contributed by atoms with Gasteiger partial charge in [0.15, 0.2) is 0 Å². The fourth-order valence-electron chi connectivity index (χ4n) is 2.49. The number of hydrogen-bond donors (Lipinski definition) is 1. The number of nitrogen functional groups attached to an aromatic ring is 1. The highest BCUT2D eigenvalue weighted by Gasteiger charge is 2.13. The van der Waals surface area contributed by atoms with Gasteiger partial charge in [0, 0.05) is 31.7 Å². The molecule has 2 heterocycles. The highest BCUT2D eigenvalue weighted by molar-refractivity contribution is 5.96. The molecule has 136 valence electrons. The average molecular weight is 361 g/mol. The summed E-state index contributed by atoms with van der Waals surface area (Å²) in [7, 11) is 4.95. The number of carbonyl (C=O) groups is 1. The number of anilines is 1. The largest absolute Gasteiger partial charge is 0.465 e. The van der Waals surface area contributed by atoms with Crippen LogP contribution in [0.3, 0.4) is 0 Å². The van der Waals surface area contributed by atoms with Crippen molar-refractivity contribution in [1.29, 1.82) is 10.5 Å². The van der Waals surface area contributed by atoms with Gasteiger partial charge in [-0.05, 0) is 42.0 Å². The molecule has 0 unspecified atom stereocenters. The van der Waals surface area contributed by atoms with E-state index in [0.29, 0.717) is 22.6 Å². The molecule has 0 fully saturated rings. The zero-order valence-electron chi connectivity index (χ0n) is 15.3. The molecule has 0 spiro atoms. The summed E-state index contributed by atoms with van der Waals surface area (Å²) in [5.41, 5.74) is 9.32. The zero-order chi connectivity index (χ0) is 20.0. The third-order valence-electron chi connectivity index (χ3n) is 4.05. The van der Waals surface area contributed by atoms with Crippen molar-refractivity contribution in [1.82, 2.24) is 9.13 Å². The predicted octanol–water partition coefficient (Wildman–Crippen LogP) is 2.83. The van der Waals surface area contributed by atoms with Gasteiger partial charge in [0.1, 0.15) is 23.5 Å². The number of rotatable bonds is 2. The first-order chi connectivity index (χ1) is 12.9. The number of nitriles is 2. The Morgan fingerprint density at radius 2 is 1.78 bits per heavy atom. The van der Waals surface area contributed by atoms with Crippen molar-refractivity contribution >= 4 is 11.7 Å². The zero-order valence-corrected chi connectivity index (χ0v) is 15.3. The molecule has 0 atom stereocenters. The smallest absolute Gasteiger partial charge is 0.339 e. The van der Waals surface area contributed by atoms with Gasteiger partial charge in [-0.2, -0.15) is 10.5 Å². The van der Waals surface area contributed by atoms with E-state index in [1.54, 1.807) is 46.5 Å². The molecule has 7 nitrogen and oxygen atoms in total. The van der Waals surface area contributed by atoms with Crippen molar-refractivity contribution in [3.63, 3.8) is 0 Å². The van der Waals surface area contributed by atoms with Crippen LogP contribution in [-0.4, -0.2) is 22.2 Å². The number of carbonyl (C=O) groups excluding carboxylic acids is 1. The number of nitrogens with zero attached hydrogens (tertiary/aromatic N) is 4. The maximum absolute atomic E-state index is 11.6. The monoisotopic (exact) mass is 361 g/mol. The highest BCUT2D eigenvalue weighted by atomic mass is 16.5. The summed E-state index contributed by atoms with van der Waals surface area (Å²) in [6, 6.07) is 16.4. The van der Waals surface area contributed by atoms with Crippen LogP contribution in [0.5, 0.6) is 0 Å². The van der Waals surface area contributed by atoms with Crippen LogP contribution in [0.15, 0.2) is 48.7 Å². The Bertz CT molecular complexity index is 1050. The number of benzene rings is 1. The fraction of sp³-hybridized carbons (Fsp3) is 0.150. The van der Waals surface area contributed by atoms with Crippen molar-refractivity contribution in [2.45, 2.75) is 0 Å². The summed E-state index contributed by atoms with van der Waals surface area (Å²) in [5.74, 6) is -0.478. The third-order valence-corrected chi connectivity index (χ3v) is 4.05. The van der Waals surface area contributed by atoms with E-state index in [1.807, 2.05) is 31.4 Å². The number of ether oxygens (including phenoxy) is 1. The molecule has 1 aromatic carbocycles. The van der Waals surface area contributed by atoms with E-state index in [1.165, 1.54) is 7.11 Å². The Kier molecular flexibility index (Phi) is 6.03. The van der Waals surface area contributed by atoms with Crippen LogP contribution < -0.4 is 5.73 Å². The molecule has 0 aliphatic heterocycles. The minimum Gasteiger partial charge on any atom is -0.465 e. The average Bonchev–Trinajstić information content (AvgIpc) is 3.27. The molecule has 0 radical (unpaired) electrons. The van der Waals surface area contributed by atoms with Crippen LogP contribution in [0.1, 0.15) is 21.7 Å². The molecule has 0 saturated carbocycles. The fourth-order valence-corrected chi connectivity index (χ4v) is 2.49. The minimum atomic E-state index is -0.478. The molecule has 0 aliphatic carbocycles. The first kappa shape index (κ1) is 19.4. The van der Waals surface area contributed by atoms with Gasteiger partial charge in [0.25, 0.3) is 0 Å². The molecule has 27 heavy (non-hydrogen) atoms. The molecule has 3 aromatic rings. The second kappa shape index (κ2) is 8.41. The van der Waals surface area contributed by atoms with E-state index in [2.05, 4.69) is 10.8 Å². The Labute approximate surface area is 157 Å². The molecule has 0 bridgehead atoms. The highest BCUT2D eigenvalue weighted by Crippen LogP contribution is 2.25. The lowest BCUT2D eigenvalue weighted by Gasteiger charge is -2.08. The third kappa shape index (κ3) is 4.17. The lowest BCUT2D eigenvalue weighted by Crippen LogP contribution is -2.06. The van der Waals surface area contributed by atoms with Crippen LogP contribution in [0.25, 0.3) is 11.3 Å². The van der Waals surface area contributed by atoms with Gasteiger partial charge < -0.3 is 19.6 Å². The summed E-state index contributed by atoms with van der Waals surface area (Å²) < 4.78 is 8.22. The van der Waals surface area contributed by atoms with Crippen molar-refractivity contribution in [2.24, 2.45) is 14.1 Å². The van der Waals surface area contributed by atoms with E-state index in [4.69, 9.17) is 16.3 Å². The number of esters is 1. The van der Waals surface area contributed by atoms with Crippen LogP contribution in [0.2, 0.25) is 0 Å². The van der Waals surface area contributed by atoms with Gasteiger partial charge in [0.05, 0.1) is 12.7 Å². The van der Waals surface area contributed by atoms with Crippen LogP contribution in [-0.2, 0) is 18.8 Å². The molecule has 0 saturated heterocycles. The van der Waals surface area contributed by atoms with Gasteiger partial charge in [-0.15, -0.1) is 0 Å². The topological polar surface area (TPSA) is 110 Å². The first-order valence-electron chi connectivity index (χ1n) is 7.98. The van der Waals surface area contributed by atoms with E-state index >= 15 is 0 Å². The van der Waals surface area contributed by atoms with E-state index in [-0.39, 0.29) is 0 Å². The van der Waals surface area contributed by atoms with Crippen LogP contribution >= 0.6 is 0 Å². The van der Waals surface area contributed by atoms with Gasteiger partial charge in [-0.1, -0.05) is 6.07 Å². The SMILES string of the molecule is COC(=O)c1cc(-c2ccc(C#N)n2C)ccc1N.Cn1cccc1C#N. The molecule has 0 amide bonds. The first-order valence-corrected chi connectivity index (χ1v) is 7.98. The lowest BCUT2D eigenvalue weighted by molar-refractivity contribution is 0.0602. The number of methoxy groups -OCH3 is 1. The maximum Gasteiger partial charge on any atom is 0.339 e. The Morgan fingerprint density at radius 3 is 2.26 bits per heavy atom. The second-order valence-electron chi connectivity index (χ2n) is 5.68. The molecule has 2 aromatic heterocycles. The summed E-state index contributed by atoms with van der Waals surface area (Å²) in [6.07, 6.45) is 1.85. The summed E-state index contributed by atoms with van der Waals surface area (Å²) in [5, 5.41) is 17.3. The molecule has 0 aliphatic rings. The maximum atomic E-state index is 11.6. The van der Waals surface area contributed by atoms with Gasteiger partial charge in [-0.3, -0.25) is 0 Å². The number of aromatic nitrogens is 2. The van der Waals surface area contributed by atoms with E-state index in [9.17, 15) is 4.79 Å². The van der Waals surface area contributed by atoms with Gasteiger partial charge in [0.2, 0.25) is 0 Å². The number of hydrogen-bond acceptors (Lipinski definition) is 5. The summed E-state index contributed by atoms with van der Waals surface area (Å²) >= 11 is 0. The quantitative estimate of drug-likeness (QED) is 0.557. The summed E-state index contributed by atoms with van der Waals surface area (Å²) in [4.78, 5) is 11.6. The van der Waals surface area contributed by atoms with Crippen molar-refractivity contribution in [3.05, 3.63) is 65.6 Å². The normalized spacial score (nSPS) is 9.52. The van der Waals surface area contributed by atoms with E-state index in [0.717, 1.165) is 11.3 Å². The van der Waals surface area contributed by atoms with Crippen LogP contribution in [0, 0.1) is 22.7 Å². The van der Waals surface area contributed by atoms with Crippen LogP contribution in [0.4, 0.5) is 5.69 Å². The minimum absolute atomic E-state index is 0.319.